The van der Waals surface area contributed by atoms with Crippen molar-refractivity contribution >= 4 is 15.9 Å². The molecule has 1 aromatic rings. The molecule has 2 aliphatic heterocycles. The van der Waals surface area contributed by atoms with Crippen LogP contribution in [0.4, 0.5) is 8.78 Å². The maximum atomic E-state index is 13.9. The number of sulfonamides is 1. The lowest BCUT2D eigenvalue weighted by atomic mass is 9.99. The molecule has 2 fully saturated rings. The molecule has 0 aromatic heterocycles. The molecule has 1 amide bonds. The molecule has 0 N–H and O–H groups in total. The van der Waals surface area contributed by atoms with Gasteiger partial charge < -0.3 is 4.90 Å². The number of hydrogen-bond acceptors (Lipinski definition) is 4. The molecule has 150 valence electrons. The van der Waals surface area contributed by atoms with E-state index in [0.717, 1.165) is 48.4 Å². The fourth-order valence-electron chi connectivity index (χ4n) is 3.55. The van der Waals surface area contributed by atoms with Gasteiger partial charge in [0.15, 0.2) is 4.90 Å². The minimum absolute atomic E-state index is 0.0267. The molecule has 0 saturated carbocycles. The first-order valence-corrected chi connectivity index (χ1v) is 10.7. The van der Waals surface area contributed by atoms with Gasteiger partial charge >= 0.3 is 0 Å². The van der Waals surface area contributed by atoms with Gasteiger partial charge in [0.25, 0.3) is 0 Å². The molecule has 2 saturated heterocycles. The van der Waals surface area contributed by atoms with Gasteiger partial charge in [-0.05, 0) is 44.0 Å². The van der Waals surface area contributed by atoms with Crippen molar-refractivity contribution < 1.29 is 22.0 Å². The number of nitrogens with zero attached hydrogens (tertiary/aromatic N) is 3. The van der Waals surface area contributed by atoms with E-state index in [4.69, 9.17) is 0 Å². The summed E-state index contributed by atoms with van der Waals surface area (Å²) >= 11 is 0. The van der Waals surface area contributed by atoms with Gasteiger partial charge in [-0.2, -0.15) is 4.31 Å². The van der Waals surface area contributed by atoms with Crippen LogP contribution in [-0.4, -0.2) is 74.2 Å². The van der Waals surface area contributed by atoms with E-state index in [9.17, 15) is 22.0 Å². The molecular formula is C18H25F2N3O3S. The Balaban J connectivity index is 1.59. The molecule has 0 atom stereocenters. The number of carbonyl (C=O) groups is 1. The van der Waals surface area contributed by atoms with Crippen molar-refractivity contribution in [2.24, 2.45) is 5.92 Å². The van der Waals surface area contributed by atoms with Crippen LogP contribution in [0.5, 0.6) is 0 Å². The standard InChI is InChI=1S/C18H25F2N3O3S/c1-14-5-7-21(8-6-14)13-17(24)22-9-11-23(12-10-22)27(25,26)18-15(19)3-2-4-16(18)20/h2-4,14H,5-13H2,1H3. The van der Waals surface area contributed by atoms with Crippen LogP contribution in [-0.2, 0) is 14.8 Å². The van der Waals surface area contributed by atoms with Gasteiger partial charge in [0.2, 0.25) is 15.9 Å². The highest BCUT2D eigenvalue weighted by Crippen LogP contribution is 2.23. The minimum atomic E-state index is -4.27. The summed E-state index contributed by atoms with van der Waals surface area (Å²) in [5, 5.41) is 0. The summed E-state index contributed by atoms with van der Waals surface area (Å²) in [4.78, 5) is 15.3. The van der Waals surface area contributed by atoms with Crippen LogP contribution < -0.4 is 0 Å². The van der Waals surface area contributed by atoms with Gasteiger partial charge in [0, 0.05) is 26.2 Å². The third kappa shape index (κ3) is 4.47. The van der Waals surface area contributed by atoms with Crippen LogP contribution >= 0.6 is 0 Å². The van der Waals surface area contributed by atoms with Gasteiger partial charge in [-0.3, -0.25) is 9.69 Å². The lowest BCUT2D eigenvalue weighted by Gasteiger charge is -2.36. The number of halogens is 2. The lowest BCUT2D eigenvalue weighted by molar-refractivity contribution is -0.133. The summed E-state index contributed by atoms with van der Waals surface area (Å²) in [5.74, 6) is -1.55. The Labute approximate surface area is 158 Å². The molecule has 6 nitrogen and oxygen atoms in total. The number of likely N-dealkylation sites (tertiary alicyclic amines) is 1. The minimum Gasteiger partial charge on any atom is -0.339 e. The van der Waals surface area contributed by atoms with Gasteiger partial charge in [-0.25, -0.2) is 17.2 Å². The Morgan fingerprint density at radius 3 is 2.15 bits per heavy atom. The monoisotopic (exact) mass is 401 g/mol. The normalized spacial score (nSPS) is 20.8. The predicted octanol–water partition coefficient (Wildman–Crippen LogP) is 1.53. The van der Waals surface area contributed by atoms with Crippen LogP contribution in [0.3, 0.4) is 0 Å². The highest BCUT2D eigenvalue weighted by molar-refractivity contribution is 7.89. The molecular weight excluding hydrogens is 376 g/mol. The summed E-state index contributed by atoms with van der Waals surface area (Å²) < 4.78 is 54.0. The average molecular weight is 401 g/mol. The fourth-order valence-corrected chi connectivity index (χ4v) is 5.08. The second kappa shape index (κ2) is 8.20. The SMILES string of the molecule is CC1CCN(CC(=O)N2CCN(S(=O)(=O)c3c(F)cccc3F)CC2)CC1. The maximum absolute atomic E-state index is 13.9. The Hall–Kier alpha value is -1.58. The van der Waals surface area contributed by atoms with E-state index in [1.807, 2.05) is 0 Å². The molecule has 0 radical (unpaired) electrons. The largest absolute Gasteiger partial charge is 0.339 e. The first kappa shape index (κ1) is 20.2. The number of piperidine rings is 1. The molecule has 0 spiro atoms. The summed E-state index contributed by atoms with van der Waals surface area (Å²) in [7, 11) is -4.27. The van der Waals surface area contributed by atoms with E-state index < -0.39 is 26.6 Å². The Morgan fingerprint density at radius 2 is 1.59 bits per heavy atom. The van der Waals surface area contributed by atoms with E-state index in [1.54, 1.807) is 4.90 Å². The summed E-state index contributed by atoms with van der Waals surface area (Å²) in [6, 6.07) is 2.98. The molecule has 2 heterocycles. The number of carbonyl (C=O) groups excluding carboxylic acids is 1. The predicted molar refractivity (Wildman–Crippen MR) is 96.5 cm³/mol. The van der Waals surface area contributed by atoms with Gasteiger partial charge in [-0.15, -0.1) is 0 Å². The smallest absolute Gasteiger partial charge is 0.249 e. The number of rotatable bonds is 4. The quantitative estimate of drug-likeness (QED) is 0.768. The molecule has 3 rings (SSSR count). The first-order valence-electron chi connectivity index (χ1n) is 9.23. The lowest BCUT2D eigenvalue weighted by Crippen LogP contribution is -2.53. The second-order valence-corrected chi connectivity index (χ2v) is 9.17. The van der Waals surface area contributed by atoms with Crippen molar-refractivity contribution in [2.75, 3.05) is 45.8 Å². The zero-order valence-electron chi connectivity index (χ0n) is 15.4. The first-order chi connectivity index (χ1) is 12.8. The average Bonchev–Trinajstić information content (AvgIpc) is 2.63. The summed E-state index contributed by atoms with van der Waals surface area (Å²) in [6.07, 6.45) is 2.15. The van der Waals surface area contributed by atoms with Crippen molar-refractivity contribution in [3.63, 3.8) is 0 Å². The number of benzene rings is 1. The van der Waals surface area contributed by atoms with Crippen molar-refractivity contribution in [3.8, 4) is 0 Å². The van der Waals surface area contributed by atoms with Crippen molar-refractivity contribution in [1.82, 2.24) is 14.1 Å². The van der Waals surface area contributed by atoms with Crippen molar-refractivity contribution in [1.29, 1.82) is 0 Å². The molecule has 0 bridgehead atoms. The Bertz CT molecular complexity index is 767. The van der Waals surface area contributed by atoms with Crippen LogP contribution in [0.2, 0.25) is 0 Å². The Kier molecular flexibility index (Phi) is 6.12. The van der Waals surface area contributed by atoms with E-state index >= 15 is 0 Å². The van der Waals surface area contributed by atoms with Crippen LogP contribution in [0.25, 0.3) is 0 Å². The molecule has 2 aliphatic rings. The summed E-state index contributed by atoms with van der Waals surface area (Å²) in [5.41, 5.74) is 0. The third-order valence-corrected chi connectivity index (χ3v) is 7.29. The highest BCUT2D eigenvalue weighted by Gasteiger charge is 2.34. The van der Waals surface area contributed by atoms with Crippen molar-refractivity contribution in [2.45, 2.75) is 24.7 Å². The second-order valence-electron chi connectivity index (χ2n) is 7.29. The zero-order valence-corrected chi connectivity index (χ0v) is 16.2. The molecule has 1 aromatic carbocycles. The van der Waals surface area contributed by atoms with E-state index in [0.29, 0.717) is 12.5 Å². The molecule has 27 heavy (non-hydrogen) atoms. The van der Waals surface area contributed by atoms with E-state index in [1.165, 1.54) is 0 Å². The van der Waals surface area contributed by atoms with Gasteiger partial charge in [-0.1, -0.05) is 13.0 Å². The maximum Gasteiger partial charge on any atom is 0.249 e. The van der Waals surface area contributed by atoms with E-state index in [-0.39, 0.29) is 32.1 Å². The molecule has 0 aliphatic carbocycles. The van der Waals surface area contributed by atoms with Gasteiger partial charge in [0.1, 0.15) is 11.6 Å². The van der Waals surface area contributed by atoms with Crippen LogP contribution in [0, 0.1) is 17.6 Å². The van der Waals surface area contributed by atoms with Crippen molar-refractivity contribution in [3.05, 3.63) is 29.8 Å². The topological polar surface area (TPSA) is 60.9 Å². The Morgan fingerprint density at radius 1 is 1.04 bits per heavy atom. The third-order valence-electron chi connectivity index (χ3n) is 5.34. The van der Waals surface area contributed by atoms with Crippen LogP contribution in [0.15, 0.2) is 23.1 Å². The zero-order chi connectivity index (χ0) is 19.6. The van der Waals surface area contributed by atoms with Crippen LogP contribution in [0.1, 0.15) is 19.8 Å². The number of amides is 1. The molecule has 9 heteroatoms. The highest BCUT2D eigenvalue weighted by atomic mass is 32.2. The fraction of sp³-hybridized carbons (Fsp3) is 0.611. The number of hydrogen-bond donors (Lipinski definition) is 0. The van der Waals surface area contributed by atoms with E-state index in [2.05, 4.69) is 11.8 Å². The molecule has 0 unspecified atom stereocenters. The summed E-state index contributed by atoms with van der Waals surface area (Å²) in [6.45, 7) is 4.83. The number of piperazine rings is 1. The van der Waals surface area contributed by atoms with Gasteiger partial charge in [0.05, 0.1) is 6.54 Å².